The van der Waals surface area contributed by atoms with E-state index in [0.717, 1.165) is 18.7 Å². The van der Waals surface area contributed by atoms with Crippen LogP contribution in [0, 0.1) is 0 Å². The zero-order valence-corrected chi connectivity index (χ0v) is 10.9. The van der Waals surface area contributed by atoms with Gasteiger partial charge >= 0.3 is 7.12 Å². The third kappa shape index (κ3) is 4.17. The summed E-state index contributed by atoms with van der Waals surface area (Å²) in [5, 5.41) is 18.1. The van der Waals surface area contributed by atoms with Gasteiger partial charge in [0.15, 0.2) is 0 Å². The van der Waals surface area contributed by atoms with Crippen molar-refractivity contribution in [1.29, 1.82) is 0 Å². The van der Waals surface area contributed by atoms with Crippen LogP contribution in [0.3, 0.4) is 0 Å². The third-order valence-electron chi connectivity index (χ3n) is 2.91. The quantitative estimate of drug-likeness (QED) is 0.760. The molecule has 98 valence electrons. The molecule has 0 spiro atoms. The molecule has 1 aromatic heterocycles. The van der Waals surface area contributed by atoms with E-state index >= 15 is 0 Å². The Labute approximate surface area is 113 Å². The van der Waals surface area contributed by atoms with Gasteiger partial charge in [0.2, 0.25) is 0 Å². The van der Waals surface area contributed by atoms with E-state index in [2.05, 4.69) is 16.0 Å². The van der Waals surface area contributed by atoms with Gasteiger partial charge in [-0.2, -0.15) is 0 Å². The summed E-state index contributed by atoms with van der Waals surface area (Å²) >= 11 is 0. The van der Waals surface area contributed by atoms with Crippen LogP contribution in [0.25, 0.3) is 0 Å². The first-order valence-corrected chi connectivity index (χ1v) is 6.17. The first-order valence-electron chi connectivity index (χ1n) is 6.17. The summed E-state index contributed by atoms with van der Waals surface area (Å²) in [5.41, 5.74) is 2.82. The molecular weight excluding hydrogens is 239 g/mol. The molecule has 1 aromatic carbocycles. The smallest absolute Gasteiger partial charge is 0.423 e. The minimum atomic E-state index is -1.40. The number of rotatable bonds is 5. The highest BCUT2D eigenvalue weighted by Crippen LogP contribution is 2.06. The summed E-state index contributed by atoms with van der Waals surface area (Å²) in [5.74, 6) is 0. The van der Waals surface area contributed by atoms with Gasteiger partial charge in [0.05, 0.1) is 0 Å². The topological polar surface area (TPSA) is 56.6 Å². The molecule has 2 N–H and O–H groups in total. The molecule has 0 bridgehead atoms. The minimum Gasteiger partial charge on any atom is -0.423 e. The van der Waals surface area contributed by atoms with Gasteiger partial charge in [-0.3, -0.25) is 9.88 Å². The molecule has 0 amide bonds. The average molecular weight is 256 g/mol. The van der Waals surface area contributed by atoms with Crippen molar-refractivity contribution >= 4 is 12.6 Å². The Morgan fingerprint density at radius 2 is 1.74 bits per heavy atom. The summed E-state index contributed by atoms with van der Waals surface area (Å²) in [6.07, 6.45) is 3.63. The maximum absolute atomic E-state index is 9.03. The third-order valence-corrected chi connectivity index (χ3v) is 2.91. The van der Waals surface area contributed by atoms with Crippen LogP contribution >= 0.6 is 0 Å². The van der Waals surface area contributed by atoms with Crippen molar-refractivity contribution in [2.45, 2.75) is 13.1 Å². The van der Waals surface area contributed by atoms with Crippen LogP contribution in [-0.4, -0.2) is 34.1 Å². The Balaban J connectivity index is 1.93. The van der Waals surface area contributed by atoms with Gasteiger partial charge in [-0.05, 0) is 29.7 Å². The van der Waals surface area contributed by atoms with Crippen LogP contribution in [0.1, 0.15) is 11.1 Å². The SMILES string of the molecule is CN(Cc1ccc(B(O)O)cc1)Cc1cccnc1. The lowest BCUT2D eigenvalue weighted by Gasteiger charge is -2.16. The number of benzene rings is 1. The molecule has 0 fully saturated rings. The molecule has 0 aliphatic carbocycles. The second kappa shape index (κ2) is 6.47. The molecule has 0 aliphatic heterocycles. The van der Waals surface area contributed by atoms with Gasteiger partial charge in [0.1, 0.15) is 0 Å². The van der Waals surface area contributed by atoms with Crippen molar-refractivity contribution in [3.63, 3.8) is 0 Å². The maximum Gasteiger partial charge on any atom is 0.488 e. The highest BCUT2D eigenvalue weighted by Gasteiger charge is 2.10. The summed E-state index contributed by atoms with van der Waals surface area (Å²) < 4.78 is 0. The summed E-state index contributed by atoms with van der Waals surface area (Å²) in [6, 6.07) is 11.3. The molecule has 19 heavy (non-hydrogen) atoms. The number of pyridine rings is 1. The van der Waals surface area contributed by atoms with Gasteiger partial charge < -0.3 is 10.0 Å². The number of nitrogens with zero attached hydrogens (tertiary/aromatic N) is 2. The van der Waals surface area contributed by atoms with Crippen molar-refractivity contribution in [2.75, 3.05) is 7.05 Å². The predicted octanol–water partition coefficient (Wildman–Crippen LogP) is 0.393. The van der Waals surface area contributed by atoms with E-state index in [4.69, 9.17) is 10.0 Å². The number of hydrogen-bond acceptors (Lipinski definition) is 4. The molecule has 0 saturated carbocycles. The lowest BCUT2D eigenvalue weighted by atomic mass is 9.80. The van der Waals surface area contributed by atoms with Crippen LogP contribution < -0.4 is 5.46 Å². The average Bonchev–Trinajstić information content (AvgIpc) is 2.40. The van der Waals surface area contributed by atoms with E-state index in [0.29, 0.717) is 5.46 Å². The molecule has 4 nitrogen and oxygen atoms in total. The zero-order chi connectivity index (χ0) is 13.7. The molecule has 0 radical (unpaired) electrons. The van der Waals surface area contributed by atoms with E-state index < -0.39 is 7.12 Å². The van der Waals surface area contributed by atoms with E-state index in [-0.39, 0.29) is 0 Å². The van der Waals surface area contributed by atoms with Gasteiger partial charge in [-0.25, -0.2) is 0 Å². The minimum absolute atomic E-state index is 0.513. The van der Waals surface area contributed by atoms with Crippen molar-refractivity contribution < 1.29 is 10.0 Å². The van der Waals surface area contributed by atoms with Crippen LogP contribution in [-0.2, 0) is 13.1 Å². The Morgan fingerprint density at radius 1 is 1.05 bits per heavy atom. The fraction of sp³-hybridized carbons (Fsp3) is 0.214. The van der Waals surface area contributed by atoms with E-state index in [9.17, 15) is 0 Å². The van der Waals surface area contributed by atoms with E-state index in [1.807, 2.05) is 31.4 Å². The molecule has 2 aromatic rings. The Kier molecular flexibility index (Phi) is 4.68. The molecule has 1 heterocycles. The van der Waals surface area contributed by atoms with Gasteiger partial charge in [-0.1, -0.05) is 30.3 Å². The highest BCUT2D eigenvalue weighted by atomic mass is 16.4. The van der Waals surface area contributed by atoms with Gasteiger partial charge in [-0.15, -0.1) is 0 Å². The zero-order valence-electron chi connectivity index (χ0n) is 10.9. The second-order valence-corrected chi connectivity index (χ2v) is 4.65. The standard InChI is InChI=1S/C14H17BN2O2/c1-17(11-13-3-2-8-16-9-13)10-12-4-6-14(7-5-12)15(18)19/h2-9,18-19H,10-11H2,1H3. The van der Waals surface area contributed by atoms with Crippen LogP contribution in [0.5, 0.6) is 0 Å². The fourth-order valence-corrected chi connectivity index (χ4v) is 1.97. The maximum atomic E-state index is 9.03. The molecule has 5 heteroatoms. The molecule has 0 unspecified atom stereocenters. The summed E-state index contributed by atoms with van der Waals surface area (Å²) in [6.45, 7) is 1.63. The van der Waals surface area contributed by atoms with Crippen molar-refractivity contribution in [2.24, 2.45) is 0 Å². The van der Waals surface area contributed by atoms with Crippen LogP contribution in [0.2, 0.25) is 0 Å². The number of hydrogen-bond donors (Lipinski definition) is 2. The first kappa shape index (κ1) is 13.7. The molecular formula is C14H17BN2O2. The largest absolute Gasteiger partial charge is 0.488 e. The summed E-state index contributed by atoms with van der Waals surface area (Å²) in [7, 11) is 0.643. The molecule has 0 saturated heterocycles. The van der Waals surface area contributed by atoms with E-state index in [1.54, 1.807) is 18.3 Å². The number of aromatic nitrogens is 1. The predicted molar refractivity (Wildman–Crippen MR) is 75.7 cm³/mol. The van der Waals surface area contributed by atoms with Crippen LogP contribution in [0.15, 0.2) is 48.8 Å². The molecule has 2 rings (SSSR count). The Hall–Kier alpha value is -1.69. The first-order chi connectivity index (χ1) is 9.15. The monoisotopic (exact) mass is 256 g/mol. The van der Waals surface area contributed by atoms with Gasteiger partial charge in [0.25, 0.3) is 0 Å². The van der Waals surface area contributed by atoms with E-state index in [1.165, 1.54) is 5.56 Å². The van der Waals surface area contributed by atoms with Crippen LogP contribution in [0.4, 0.5) is 0 Å². The van der Waals surface area contributed by atoms with Crippen molar-refractivity contribution in [1.82, 2.24) is 9.88 Å². The highest BCUT2D eigenvalue weighted by molar-refractivity contribution is 6.58. The van der Waals surface area contributed by atoms with Crippen molar-refractivity contribution in [3.8, 4) is 0 Å². The summed E-state index contributed by atoms with van der Waals surface area (Å²) in [4.78, 5) is 6.28. The fourth-order valence-electron chi connectivity index (χ4n) is 1.97. The van der Waals surface area contributed by atoms with Gasteiger partial charge in [0, 0.05) is 25.5 Å². The van der Waals surface area contributed by atoms with Crippen molar-refractivity contribution in [3.05, 3.63) is 59.9 Å². The second-order valence-electron chi connectivity index (χ2n) is 4.65. The Morgan fingerprint density at radius 3 is 2.32 bits per heavy atom. The lowest BCUT2D eigenvalue weighted by molar-refractivity contribution is 0.318. The normalized spacial score (nSPS) is 10.7. The Bertz CT molecular complexity index is 503. The lowest BCUT2D eigenvalue weighted by Crippen LogP contribution is -2.29. The molecule has 0 aliphatic rings. The molecule has 0 atom stereocenters.